The summed E-state index contributed by atoms with van der Waals surface area (Å²) >= 11 is 3.29. The summed E-state index contributed by atoms with van der Waals surface area (Å²) in [4.78, 5) is 0. The zero-order valence-electron chi connectivity index (χ0n) is 8.78. The van der Waals surface area contributed by atoms with Gasteiger partial charge in [-0.05, 0) is 40.5 Å². The number of hydrogen-bond donors (Lipinski definition) is 1. The normalized spacial score (nSPS) is 11.8. The number of nitrogens with zero attached hydrogens (tertiary/aromatic N) is 1. The van der Waals surface area contributed by atoms with E-state index < -0.39 is 10.2 Å². The van der Waals surface area contributed by atoms with Crippen molar-refractivity contribution in [3.05, 3.63) is 28.2 Å². The highest BCUT2D eigenvalue weighted by Gasteiger charge is 2.14. The summed E-state index contributed by atoms with van der Waals surface area (Å²) in [5.41, 5.74) is 1.54. The van der Waals surface area contributed by atoms with Gasteiger partial charge in [0, 0.05) is 18.6 Å². The van der Waals surface area contributed by atoms with E-state index >= 15 is 0 Å². The molecule has 0 unspecified atom stereocenters. The fourth-order valence-corrected chi connectivity index (χ4v) is 2.05. The van der Waals surface area contributed by atoms with Crippen LogP contribution in [0.4, 0.5) is 5.69 Å². The van der Waals surface area contributed by atoms with E-state index in [1.165, 1.54) is 14.1 Å². The van der Waals surface area contributed by atoms with Crippen molar-refractivity contribution in [3.63, 3.8) is 0 Å². The zero-order chi connectivity index (χ0) is 11.6. The van der Waals surface area contributed by atoms with Crippen LogP contribution in [0.5, 0.6) is 0 Å². The summed E-state index contributed by atoms with van der Waals surface area (Å²) in [5, 5.41) is 0. The van der Waals surface area contributed by atoms with Gasteiger partial charge in [0.2, 0.25) is 0 Å². The third kappa shape index (κ3) is 3.19. The monoisotopic (exact) mass is 292 g/mol. The molecule has 0 atom stereocenters. The lowest BCUT2D eigenvalue weighted by molar-refractivity contribution is 0.527. The lowest BCUT2D eigenvalue weighted by Crippen LogP contribution is -2.29. The number of benzene rings is 1. The molecule has 0 saturated heterocycles. The molecule has 84 valence electrons. The van der Waals surface area contributed by atoms with E-state index in [2.05, 4.69) is 20.7 Å². The maximum Gasteiger partial charge on any atom is 0.301 e. The Morgan fingerprint density at radius 3 is 2.47 bits per heavy atom. The Labute approximate surface area is 98.6 Å². The number of halogens is 1. The van der Waals surface area contributed by atoms with Gasteiger partial charge in [-0.3, -0.25) is 4.72 Å². The topological polar surface area (TPSA) is 49.4 Å². The fraction of sp³-hybridized carbons (Fsp3) is 0.333. The summed E-state index contributed by atoms with van der Waals surface area (Å²) in [6.07, 6.45) is 0. The van der Waals surface area contributed by atoms with Gasteiger partial charge in [0.15, 0.2) is 0 Å². The number of rotatable bonds is 3. The summed E-state index contributed by atoms with van der Waals surface area (Å²) in [5.74, 6) is 0. The zero-order valence-corrected chi connectivity index (χ0v) is 11.2. The van der Waals surface area contributed by atoms with E-state index in [9.17, 15) is 8.42 Å². The van der Waals surface area contributed by atoms with Crippen LogP contribution in [-0.4, -0.2) is 26.8 Å². The first kappa shape index (κ1) is 12.5. The van der Waals surface area contributed by atoms with Gasteiger partial charge in [0.1, 0.15) is 0 Å². The Hall–Kier alpha value is -0.590. The summed E-state index contributed by atoms with van der Waals surface area (Å²) in [6, 6.07) is 5.48. The van der Waals surface area contributed by atoms with Crippen molar-refractivity contribution in [2.75, 3.05) is 18.8 Å². The van der Waals surface area contributed by atoms with Crippen molar-refractivity contribution in [1.29, 1.82) is 0 Å². The maximum atomic E-state index is 11.6. The minimum atomic E-state index is -3.44. The first-order chi connectivity index (χ1) is 6.83. The third-order valence-electron chi connectivity index (χ3n) is 1.84. The number of anilines is 1. The van der Waals surface area contributed by atoms with Crippen LogP contribution in [0.15, 0.2) is 22.7 Å². The molecule has 0 aromatic heterocycles. The Morgan fingerprint density at radius 1 is 1.33 bits per heavy atom. The molecule has 0 fully saturated rings. The second kappa shape index (κ2) is 4.51. The molecule has 1 aromatic carbocycles. The Kier molecular flexibility index (Phi) is 3.75. The molecule has 0 amide bonds. The Balaban J connectivity index is 3.05. The van der Waals surface area contributed by atoms with Crippen molar-refractivity contribution in [2.45, 2.75) is 6.92 Å². The van der Waals surface area contributed by atoms with Crippen molar-refractivity contribution in [2.24, 2.45) is 0 Å². The van der Waals surface area contributed by atoms with Crippen molar-refractivity contribution in [3.8, 4) is 0 Å². The van der Waals surface area contributed by atoms with Gasteiger partial charge < -0.3 is 0 Å². The Morgan fingerprint density at radius 2 is 1.93 bits per heavy atom. The Bertz CT molecular complexity index is 457. The van der Waals surface area contributed by atoms with Crippen molar-refractivity contribution < 1.29 is 8.42 Å². The van der Waals surface area contributed by atoms with Crippen molar-refractivity contribution >= 4 is 31.8 Å². The van der Waals surface area contributed by atoms with Crippen LogP contribution in [0.1, 0.15) is 5.56 Å². The predicted octanol–water partition coefficient (Wildman–Crippen LogP) is 1.98. The number of nitrogens with one attached hydrogen (secondary N) is 1. The third-order valence-corrected chi connectivity index (χ3v) is 3.97. The molecule has 1 rings (SSSR count). The van der Waals surface area contributed by atoms with Crippen LogP contribution in [-0.2, 0) is 10.2 Å². The summed E-state index contributed by atoms with van der Waals surface area (Å²) in [6.45, 7) is 1.90. The van der Waals surface area contributed by atoms with Gasteiger partial charge >= 0.3 is 10.2 Å². The SMILES string of the molecule is Cc1ccc(Br)c(NS(=O)(=O)N(C)C)c1. The molecule has 1 aromatic rings. The minimum absolute atomic E-state index is 0.545. The van der Waals surface area contributed by atoms with Gasteiger partial charge in [0.05, 0.1) is 5.69 Å². The van der Waals surface area contributed by atoms with E-state index in [1.807, 2.05) is 19.1 Å². The van der Waals surface area contributed by atoms with Crippen molar-refractivity contribution in [1.82, 2.24) is 4.31 Å². The minimum Gasteiger partial charge on any atom is -0.270 e. The van der Waals surface area contributed by atoms with Gasteiger partial charge in [-0.15, -0.1) is 0 Å². The number of hydrogen-bond acceptors (Lipinski definition) is 2. The highest BCUT2D eigenvalue weighted by atomic mass is 79.9. The lowest BCUT2D eigenvalue weighted by atomic mass is 10.2. The van der Waals surface area contributed by atoms with Gasteiger partial charge in [-0.25, -0.2) is 0 Å². The lowest BCUT2D eigenvalue weighted by Gasteiger charge is -2.14. The molecule has 0 heterocycles. The number of aryl methyl sites for hydroxylation is 1. The van der Waals surface area contributed by atoms with Crippen LogP contribution in [0, 0.1) is 6.92 Å². The van der Waals surface area contributed by atoms with E-state index in [0.29, 0.717) is 5.69 Å². The summed E-state index contributed by atoms with van der Waals surface area (Å²) in [7, 11) is -0.481. The van der Waals surface area contributed by atoms with Crippen LogP contribution in [0.25, 0.3) is 0 Å². The predicted molar refractivity (Wildman–Crippen MR) is 65.1 cm³/mol. The molecule has 0 aliphatic rings. The van der Waals surface area contributed by atoms with Crippen LogP contribution in [0.2, 0.25) is 0 Å². The molecule has 0 aliphatic heterocycles. The smallest absolute Gasteiger partial charge is 0.270 e. The molecule has 0 saturated carbocycles. The molecule has 15 heavy (non-hydrogen) atoms. The van der Waals surface area contributed by atoms with E-state index in [4.69, 9.17) is 0 Å². The molecular weight excluding hydrogens is 280 g/mol. The molecule has 1 N–H and O–H groups in total. The molecular formula is C9H13BrN2O2S. The van der Waals surface area contributed by atoms with Crippen LogP contribution < -0.4 is 4.72 Å². The molecule has 0 aliphatic carbocycles. The molecule has 6 heteroatoms. The standard InChI is InChI=1S/C9H13BrN2O2S/c1-7-4-5-8(10)9(6-7)11-15(13,14)12(2)3/h4-6,11H,1-3H3. The molecule has 0 radical (unpaired) electrons. The molecule has 0 bridgehead atoms. The highest BCUT2D eigenvalue weighted by molar-refractivity contribution is 9.10. The van der Waals surface area contributed by atoms with Crippen LogP contribution in [0.3, 0.4) is 0 Å². The average molecular weight is 293 g/mol. The van der Waals surface area contributed by atoms with E-state index in [-0.39, 0.29) is 0 Å². The molecule has 0 spiro atoms. The fourth-order valence-electron chi connectivity index (χ4n) is 0.948. The first-order valence-electron chi connectivity index (χ1n) is 4.29. The van der Waals surface area contributed by atoms with Gasteiger partial charge in [0.25, 0.3) is 0 Å². The maximum absolute atomic E-state index is 11.6. The van der Waals surface area contributed by atoms with Crippen LogP contribution >= 0.6 is 15.9 Å². The summed E-state index contributed by atoms with van der Waals surface area (Å²) < 4.78 is 27.4. The van der Waals surface area contributed by atoms with E-state index in [0.717, 1.165) is 14.3 Å². The second-order valence-corrected chi connectivity index (χ2v) is 6.11. The quantitative estimate of drug-likeness (QED) is 0.926. The van der Waals surface area contributed by atoms with Gasteiger partial charge in [-0.2, -0.15) is 12.7 Å². The average Bonchev–Trinajstić information content (AvgIpc) is 2.10. The van der Waals surface area contributed by atoms with E-state index in [1.54, 1.807) is 6.07 Å². The molecule has 4 nitrogen and oxygen atoms in total. The van der Waals surface area contributed by atoms with Gasteiger partial charge in [-0.1, -0.05) is 6.07 Å². The second-order valence-electron chi connectivity index (χ2n) is 3.37. The first-order valence-corrected chi connectivity index (χ1v) is 6.52. The largest absolute Gasteiger partial charge is 0.301 e. The highest BCUT2D eigenvalue weighted by Crippen LogP contribution is 2.24.